The third-order valence-corrected chi connectivity index (χ3v) is 4.99. The lowest BCUT2D eigenvalue weighted by molar-refractivity contribution is -0.166. The van der Waals surface area contributed by atoms with Gasteiger partial charge in [-0.05, 0) is 39.8 Å². The minimum atomic E-state index is -4.49. The van der Waals surface area contributed by atoms with Crippen LogP contribution in [0.15, 0.2) is 35.3 Å². The molecule has 0 bridgehead atoms. The molecule has 2 atom stereocenters. The summed E-state index contributed by atoms with van der Waals surface area (Å²) in [4.78, 5) is 8.67. The lowest BCUT2D eigenvalue weighted by Crippen LogP contribution is -2.50. The predicted molar refractivity (Wildman–Crippen MR) is 103 cm³/mol. The summed E-state index contributed by atoms with van der Waals surface area (Å²) in [6.07, 6.45) is 3.19. The highest BCUT2D eigenvalue weighted by Gasteiger charge is 2.48. The van der Waals surface area contributed by atoms with Crippen molar-refractivity contribution < 1.29 is 26.3 Å². The van der Waals surface area contributed by atoms with Crippen LogP contribution in [-0.4, -0.2) is 42.9 Å². The van der Waals surface area contributed by atoms with Crippen LogP contribution in [0.25, 0.3) is 0 Å². The summed E-state index contributed by atoms with van der Waals surface area (Å²) in [7, 11) is -4.49. The van der Waals surface area contributed by atoms with Gasteiger partial charge in [0, 0.05) is 26.7 Å². The second-order valence-corrected chi connectivity index (χ2v) is 9.48. The van der Waals surface area contributed by atoms with Gasteiger partial charge in [0.2, 0.25) is 23.4 Å². The quantitative estimate of drug-likeness (QED) is 0.679. The van der Waals surface area contributed by atoms with Gasteiger partial charge in [0.1, 0.15) is 0 Å². The highest BCUT2D eigenvalue weighted by molar-refractivity contribution is 7.81. The molecule has 0 aromatic heterocycles. The van der Waals surface area contributed by atoms with Crippen molar-refractivity contribution in [2.75, 3.05) is 0 Å². The van der Waals surface area contributed by atoms with E-state index in [1.807, 2.05) is 27.7 Å². The van der Waals surface area contributed by atoms with Gasteiger partial charge >= 0.3 is 10.4 Å². The predicted octanol–water partition coefficient (Wildman–Crippen LogP) is 3.26. The summed E-state index contributed by atoms with van der Waals surface area (Å²) in [5.74, 6) is -2.59. The molecule has 0 aromatic carbocycles. The summed E-state index contributed by atoms with van der Waals surface area (Å²) >= 11 is 0. The van der Waals surface area contributed by atoms with E-state index in [4.69, 9.17) is 17.8 Å². The summed E-state index contributed by atoms with van der Waals surface area (Å²) in [6.45, 7) is 17.6. The van der Waals surface area contributed by atoms with Gasteiger partial charge in [0.25, 0.3) is 0 Å². The Bertz CT molecular complexity index is 739. The maximum absolute atomic E-state index is 12.7. The van der Waals surface area contributed by atoms with Crippen molar-refractivity contribution in [2.45, 2.75) is 77.0 Å². The van der Waals surface area contributed by atoms with Crippen molar-refractivity contribution in [3.8, 4) is 0 Å². The molecule has 2 heterocycles. The van der Waals surface area contributed by atoms with E-state index in [-0.39, 0.29) is 24.6 Å². The second kappa shape index (κ2) is 6.72. The van der Waals surface area contributed by atoms with E-state index in [1.165, 1.54) is 26.0 Å². The molecule has 9 heteroatoms. The van der Waals surface area contributed by atoms with Crippen LogP contribution < -0.4 is 0 Å². The van der Waals surface area contributed by atoms with Gasteiger partial charge in [-0.1, -0.05) is 13.2 Å². The topological polar surface area (TPSA) is 95.8 Å². The molecule has 2 aliphatic rings. The van der Waals surface area contributed by atoms with Crippen molar-refractivity contribution in [2.24, 2.45) is 9.98 Å². The minimum Gasteiger partial charge on any atom is -0.444 e. The number of hydrogen-bond acceptors (Lipinski definition) is 8. The standard InChI is InChI=1S/C18H28N2O6S/c1-9-13-19-15(3,4)11-17(7,23-13)25-27(21,22)26-18(8)12-16(5,6)20-14(10-2)24-18/h9-10H,1-2,11-12H2,3-8H3. The van der Waals surface area contributed by atoms with Crippen LogP contribution in [0.4, 0.5) is 0 Å². The van der Waals surface area contributed by atoms with E-state index in [0.717, 1.165) is 0 Å². The van der Waals surface area contributed by atoms with Crippen molar-refractivity contribution in [1.29, 1.82) is 0 Å². The molecule has 8 nitrogen and oxygen atoms in total. The highest BCUT2D eigenvalue weighted by atomic mass is 32.3. The van der Waals surface area contributed by atoms with Crippen LogP contribution in [0, 0.1) is 0 Å². The molecule has 27 heavy (non-hydrogen) atoms. The molecule has 0 spiro atoms. The Morgan fingerprint density at radius 2 is 1.19 bits per heavy atom. The van der Waals surface area contributed by atoms with E-state index in [0.29, 0.717) is 0 Å². The number of ether oxygens (including phenoxy) is 2. The molecule has 2 rings (SSSR count). The van der Waals surface area contributed by atoms with Gasteiger partial charge in [0.05, 0.1) is 11.1 Å². The molecule has 0 aliphatic carbocycles. The minimum absolute atomic E-state index is 0.197. The van der Waals surface area contributed by atoms with Gasteiger partial charge in [0.15, 0.2) is 0 Å². The maximum atomic E-state index is 12.7. The largest absolute Gasteiger partial charge is 0.444 e. The monoisotopic (exact) mass is 400 g/mol. The Labute approximate surface area is 161 Å². The molecule has 2 aliphatic heterocycles. The summed E-state index contributed by atoms with van der Waals surface area (Å²) in [5, 5.41) is 0. The molecular formula is C18H28N2O6S. The SMILES string of the molecule is C=CC1=NC(C)(C)CC(C)(OS(=O)(=O)OC2(C)CC(C)(C)N=C(C=C)O2)O1. The Kier molecular flexibility index (Phi) is 5.37. The van der Waals surface area contributed by atoms with Crippen molar-refractivity contribution in [1.82, 2.24) is 0 Å². The van der Waals surface area contributed by atoms with E-state index in [2.05, 4.69) is 23.1 Å². The smallest absolute Gasteiger partial charge is 0.406 e. The van der Waals surface area contributed by atoms with E-state index in [1.54, 1.807) is 0 Å². The van der Waals surface area contributed by atoms with Gasteiger partial charge in [-0.15, -0.1) is 0 Å². The first-order chi connectivity index (χ1) is 12.1. The lowest BCUT2D eigenvalue weighted by Gasteiger charge is -2.41. The Morgan fingerprint density at radius 3 is 1.48 bits per heavy atom. The zero-order valence-electron chi connectivity index (χ0n) is 16.7. The first-order valence-corrected chi connectivity index (χ1v) is 9.93. The first-order valence-electron chi connectivity index (χ1n) is 8.59. The van der Waals surface area contributed by atoms with Crippen LogP contribution in [-0.2, 0) is 28.2 Å². The fourth-order valence-electron chi connectivity index (χ4n) is 3.52. The van der Waals surface area contributed by atoms with Crippen LogP contribution >= 0.6 is 0 Å². The number of hydrogen-bond donors (Lipinski definition) is 0. The van der Waals surface area contributed by atoms with Crippen LogP contribution in [0.2, 0.25) is 0 Å². The molecule has 2 unspecified atom stereocenters. The number of aliphatic imine (C=N–C) groups is 2. The first kappa shape index (κ1) is 21.6. The summed E-state index contributed by atoms with van der Waals surface area (Å²) in [5.41, 5.74) is -1.19. The third-order valence-electron chi connectivity index (χ3n) is 3.88. The van der Waals surface area contributed by atoms with Crippen molar-refractivity contribution >= 4 is 22.2 Å². The maximum Gasteiger partial charge on any atom is 0.406 e. The Hall–Kier alpha value is -1.71. The van der Waals surface area contributed by atoms with E-state index >= 15 is 0 Å². The number of rotatable bonds is 6. The molecule has 0 saturated carbocycles. The van der Waals surface area contributed by atoms with Crippen molar-refractivity contribution in [3.05, 3.63) is 25.3 Å². The molecule has 0 radical (unpaired) electrons. The highest BCUT2D eigenvalue weighted by Crippen LogP contribution is 2.38. The zero-order valence-corrected chi connectivity index (χ0v) is 17.6. The molecular weight excluding hydrogens is 372 g/mol. The Balaban J connectivity index is 2.22. The Morgan fingerprint density at radius 1 is 0.852 bits per heavy atom. The van der Waals surface area contributed by atoms with Crippen molar-refractivity contribution in [3.63, 3.8) is 0 Å². The summed E-state index contributed by atoms with van der Waals surface area (Å²) in [6, 6.07) is 0. The van der Waals surface area contributed by atoms with E-state index in [9.17, 15) is 8.42 Å². The van der Waals surface area contributed by atoms with Gasteiger partial charge in [-0.3, -0.25) is 0 Å². The molecule has 0 saturated heterocycles. The van der Waals surface area contributed by atoms with Gasteiger partial charge in [-0.25, -0.2) is 18.4 Å². The second-order valence-electron chi connectivity index (χ2n) is 8.33. The van der Waals surface area contributed by atoms with Crippen LogP contribution in [0.3, 0.4) is 0 Å². The molecule has 0 amide bonds. The van der Waals surface area contributed by atoms with Gasteiger partial charge in [-0.2, -0.15) is 8.42 Å². The molecule has 152 valence electrons. The fourth-order valence-corrected chi connectivity index (χ4v) is 4.61. The molecule has 0 aromatic rings. The number of nitrogens with zero attached hydrogens (tertiary/aromatic N) is 2. The molecule has 0 fully saturated rings. The lowest BCUT2D eigenvalue weighted by atomic mass is 9.95. The molecule has 0 N–H and O–H groups in total. The third kappa shape index (κ3) is 5.63. The zero-order chi connectivity index (χ0) is 20.7. The van der Waals surface area contributed by atoms with E-state index < -0.39 is 33.1 Å². The van der Waals surface area contributed by atoms with Crippen LogP contribution in [0.1, 0.15) is 54.4 Å². The summed E-state index contributed by atoms with van der Waals surface area (Å²) < 4.78 is 47.0. The fraction of sp³-hybridized carbons (Fsp3) is 0.667. The van der Waals surface area contributed by atoms with Gasteiger partial charge < -0.3 is 9.47 Å². The average molecular weight is 400 g/mol. The normalized spacial score (nSPS) is 32.4. The van der Waals surface area contributed by atoms with Crippen LogP contribution in [0.5, 0.6) is 0 Å². The average Bonchev–Trinajstić information content (AvgIpc) is 2.39.